The van der Waals surface area contributed by atoms with Crippen LogP contribution in [0.25, 0.3) is 10.8 Å². The molecule has 2 aromatic carbocycles. The molecular formula is C17H21NO. The molecule has 1 saturated heterocycles. The molecule has 2 heteroatoms. The molecule has 1 fully saturated rings. The zero-order valence-corrected chi connectivity index (χ0v) is 11.2. The molecule has 1 aliphatic heterocycles. The van der Waals surface area contributed by atoms with Crippen LogP contribution in [0.5, 0.6) is 0 Å². The topological polar surface area (TPSA) is 32.3 Å². The number of hydrogen-bond donors (Lipinski definition) is 2. The summed E-state index contributed by atoms with van der Waals surface area (Å²) < 4.78 is 0. The Hall–Kier alpha value is -1.38. The van der Waals surface area contributed by atoms with Gasteiger partial charge in [0.25, 0.3) is 0 Å². The minimum atomic E-state index is 0.253. The number of benzene rings is 2. The molecule has 19 heavy (non-hydrogen) atoms. The van der Waals surface area contributed by atoms with Gasteiger partial charge in [0.1, 0.15) is 0 Å². The van der Waals surface area contributed by atoms with Gasteiger partial charge in [-0.2, -0.15) is 0 Å². The van der Waals surface area contributed by atoms with Crippen LogP contribution >= 0.6 is 0 Å². The maximum Gasteiger partial charge on any atom is 0.0502 e. The lowest BCUT2D eigenvalue weighted by Gasteiger charge is -2.30. The van der Waals surface area contributed by atoms with Crippen molar-refractivity contribution in [2.24, 2.45) is 5.92 Å². The molecule has 2 aromatic rings. The smallest absolute Gasteiger partial charge is 0.0502 e. The van der Waals surface area contributed by atoms with Gasteiger partial charge in [-0.05, 0) is 48.2 Å². The van der Waals surface area contributed by atoms with Crippen LogP contribution in [0.3, 0.4) is 0 Å². The summed E-state index contributed by atoms with van der Waals surface area (Å²) in [6, 6.07) is 15.0. The SMILES string of the molecule is OCC(c1ccc2ccccc2c1)C1CCNCC1. The molecule has 0 aromatic heterocycles. The number of aliphatic hydroxyl groups excluding tert-OH is 1. The van der Waals surface area contributed by atoms with Gasteiger partial charge in [-0.1, -0.05) is 42.5 Å². The van der Waals surface area contributed by atoms with E-state index >= 15 is 0 Å². The molecule has 0 saturated carbocycles. The average Bonchev–Trinajstić information content (AvgIpc) is 2.49. The Bertz CT molecular complexity index is 546. The van der Waals surface area contributed by atoms with E-state index in [0.29, 0.717) is 5.92 Å². The first-order chi connectivity index (χ1) is 9.38. The van der Waals surface area contributed by atoms with Crippen LogP contribution in [0.4, 0.5) is 0 Å². The lowest BCUT2D eigenvalue weighted by atomic mass is 9.80. The highest BCUT2D eigenvalue weighted by Gasteiger charge is 2.24. The first-order valence-electron chi connectivity index (χ1n) is 7.19. The van der Waals surface area contributed by atoms with E-state index in [9.17, 15) is 5.11 Å². The van der Waals surface area contributed by atoms with Crippen molar-refractivity contribution in [1.29, 1.82) is 0 Å². The van der Waals surface area contributed by atoms with Crippen molar-refractivity contribution in [3.05, 3.63) is 48.0 Å². The maximum atomic E-state index is 9.78. The van der Waals surface area contributed by atoms with Crippen LogP contribution in [-0.4, -0.2) is 24.8 Å². The van der Waals surface area contributed by atoms with E-state index in [2.05, 4.69) is 47.8 Å². The van der Waals surface area contributed by atoms with Crippen molar-refractivity contribution in [1.82, 2.24) is 5.32 Å². The van der Waals surface area contributed by atoms with Crippen molar-refractivity contribution in [2.75, 3.05) is 19.7 Å². The fourth-order valence-corrected chi connectivity index (χ4v) is 3.21. The van der Waals surface area contributed by atoms with Crippen LogP contribution in [0, 0.1) is 5.92 Å². The largest absolute Gasteiger partial charge is 0.396 e. The van der Waals surface area contributed by atoms with E-state index in [0.717, 1.165) is 25.9 Å². The molecule has 3 rings (SSSR count). The first kappa shape index (κ1) is 12.6. The summed E-state index contributed by atoms with van der Waals surface area (Å²) in [7, 11) is 0. The van der Waals surface area contributed by atoms with Crippen LogP contribution < -0.4 is 5.32 Å². The van der Waals surface area contributed by atoms with Crippen molar-refractivity contribution in [2.45, 2.75) is 18.8 Å². The van der Waals surface area contributed by atoms with E-state index < -0.39 is 0 Å². The number of aliphatic hydroxyl groups is 1. The number of piperidine rings is 1. The lowest BCUT2D eigenvalue weighted by Crippen LogP contribution is -2.32. The first-order valence-corrected chi connectivity index (χ1v) is 7.19. The third kappa shape index (κ3) is 2.65. The molecule has 0 bridgehead atoms. The second-order valence-electron chi connectivity index (χ2n) is 5.48. The van der Waals surface area contributed by atoms with Crippen LogP contribution in [-0.2, 0) is 0 Å². The van der Waals surface area contributed by atoms with Gasteiger partial charge in [0, 0.05) is 5.92 Å². The number of nitrogens with one attached hydrogen (secondary N) is 1. The van der Waals surface area contributed by atoms with Crippen LogP contribution in [0.2, 0.25) is 0 Å². The quantitative estimate of drug-likeness (QED) is 0.884. The summed E-state index contributed by atoms with van der Waals surface area (Å²) in [5, 5.41) is 15.7. The Balaban J connectivity index is 1.91. The van der Waals surface area contributed by atoms with E-state index in [1.165, 1.54) is 16.3 Å². The maximum absolute atomic E-state index is 9.78. The highest BCUT2D eigenvalue weighted by Crippen LogP contribution is 2.32. The Morgan fingerprint density at radius 2 is 1.79 bits per heavy atom. The molecule has 1 unspecified atom stereocenters. The normalized spacial score (nSPS) is 18.6. The van der Waals surface area contributed by atoms with Gasteiger partial charge in [-0.3, -0.25) is 0 Å². The van der Waals surface area contributed by atoms with Gasteiger partial charge in [-0.25, -0.2) is 0 Å². The van der Waals surface area contributed by atoms with E-state index in [4.69, 9.17) is 0 Å². The summed E-state index contributed by atoms with van der Waals surface area (Å²) in [6.45, 7) is 2.41. The number of rotatable bonds is 3. The van der Waals surface area contributed by atoms with Gasteiger partial charge in [0.05, 0.1) is 6.61 Å². The van der Waals surface area contributed by atoms with Crippen molar-refractivity contribution in [3.8, 4) is 0 Å². The van der Waals surface area contributed by atoms with Crippen molar-refractivity contribution >= 4 is 10.8 Å². The zero-order chi connectivity index (χ0) is 13.1. The highest BCUT2D eigenvalue weighted by molar-refractivity contribution is 5.83. The molecular weight excluding hydrogens is 234 g/mol. The minimum Gasteiger partial charge on any atom is -0.396 e. The molecule has 0 amide bonds. The average molecular weight is 255 g/mol. The van der Waals surface area contributed by atoms with Gasteiger partial charge in [0.15, 0.2) is 0 Å². The van der Waals surface area contributed by atoms with Gasteiger partial charge in [0.2, 0.25) is 0 Å². The van der Waals surface area contributed by atoms with Crippen LogP contribution in [0.1, 0.15) is 24.3 Å². The Morgan fingerprint density at radius 3 is 2.53 bits per heavy atom. The van der Waals surface area contributed by atoms with E-state index in [1.807, 2.05) is 0 Å². The lowest BCUT2D eigenvalue weighted by molar-refractivity contribution is 0.201. The molecule has 1 heterocycles. The summed E-state index contributed by atoms with van der Waals surface area (Å²) in [5.41, 5.74) is 1.29. The number of fused-ring (bicyclic) bond motifs is 1. The third-order valence-electron chi connectivity index (χ3n) is 4.35. The van der Waals surface area contributed by atoms with E-state index in [-0.39, 0.29) is 12.5 Å². The fourth-order valence-electron chi connectivity index (χ4n) is 3.21. The summed E-state index contributed by atoms with van der Waals surface area (Å²) in [5.74, 6) is 0.888. The number of hydrogen-bond acceptors (Lipinski definition) is 2. The van der Waals surface area contributed by atoms with Gasteiger partial charge in [-0.15, -0.1) is 0 Å². The Labute approximate surface area is 114 Å². The highest BCUT2D eigenvalue weighted by atomic mass is 16.3. The predicted molar refractivity (Wildman–Crippen MR) is 79.4 cm³/mol. The predicted octanol–water partition coefficient (Wildman–Crippen LogP) is 2.92. The molecule has 1 atom stereocenters. The summed E-state index contributed by atoms with van der Waals surface area (Å²) in [4.78, 5) is 0. The van der Waals surface area contributed by atoms with Crippen molar-refractivity contribution < 1.29 is 5.11 Å². The molecule has 100 valence electrons. The Morgan fingerprint density at radius 1 is 1.05 bits per heavy atom. The molecule has 2 nitrogen and oxygen atoms in total. The standard InChI is InChI=1S/C17H21NO/c19-12-17(14-7-9-18-10-8-14)16-6-5-13-3-1-2-4-15(13)11-16/h1-6,11,14,17-19H,7-10,12H2. The van der Waals surface area contributed by atoms with E-state index in [1.54, 1.807) is 0 Å². The summed E-state index contributed by atoms with van der Waals surface area (Å²) in [6.07, 6.45) is 2.33. The Kier molecular flexibility index (Phi) is 3.81. The molecule has 0 spiro atoms. The minimum absolute atomic E-state index is 0.253. The molecule has 0 radical (unpaired) electrons. The van der Waals surface area contributed by atoms with Crippen LogP contribution in [0.15, 0.2) is 42.5 Å². The molecule has 0 aliphatic carbocycles. The monoisotopic (exact) mass is 255 g/mol. The zero-order valence-electron chi connectivity index (χ0n) is 11.2. The second kappa shape index (κ2) is 5.72. The molecule has 1 aliphatic rings. The van der Waals surface area contributed by atoms with Crippen molar-refractivity contribution in [3.63, 3.8) is 0 Å². The molecule has 2 N–H and O–H groups in total. The second-order valence-corrected chi connectivity index (χ2v) is 5.48. The van der Waals surface area contributed by atoms with Gasteiger partial charge >= 0.3 is 0 Å². The van der Waals surface area contributed by atoms with Gasteiger partial charge < -0.3 is 10.4 Å². The fraction of sp³-hybridized carbons (Fsp3) is 0.412. The summed E-state index contributed by atoms with van der Waals surface area (Å²) >= 11 is 0. The third-order valence-corrected chi connectivity index (χ3v) is 4.35.